The van der Waals surface area contributed by atoms with Crippen molar-refractivity contribution in [3.05, 3.63) is 82.6 Å². The standard InChI is InChI=1S/C27H27ClN4O4S2/c1-17-12-21(28)13-24-25(17)30-27(37-24)32(16-22-6-4-5-11-29-22)26(33)20-7-9-23(10-8-20)38(34,35)31-14-18(2)36-19(3)15-31/h4-13,18-19H,14-16H2,1-3H3. The molecule has 2 aromatic heterocycles. The molecule has 4 aromatic rings. The maximum Gasteiger partial charge on any atom is 0.260 e. The molecule has 0 radical (unpaired) electrons. The number of fused-ring (bicyclic) bond motifs is 1. The van der Waals surface area contributed by atoms with E-state index >= 15 is 0 Å². The van der Waals surface area contributed by atoms with E-state index in [4.69, 9.17) is 21.3 Å². The zero-order valence-electron chi connectivity index (χ0n) is 21.2. The summed E-state index contributed by atoms with van der Waals surface area (Å²) in [5.41, 5.74) is 2.74. The van der Waals surface area contributed by atoms with Crippen molar-refractivity contribution in [1.29, 1.82) is 0 Å². The van der Waals surface area contributed by atoms with Gasteiger partial charge in [-0.3, -0.25) is 14.7 Å². The Hall–Kier alpha value is -2.89. The van der Waals surface area contributed by atoms with E-state index in [1.54, 1.807) is 23.2 Å². The summed E-state index contributed by atoms with van der Waals surface area (Å²) in [6.07, 6.45) is 1.29. The van der Waals surface area contributed by atoms with Gasteiger partial charge in [0.25, 0.3) is 5.91 Å². The first kappa shape index (κ1) is 26.7. The van der Waals surface area contributed by atoms with Gasteiger partial charge in [-0.25, -0.2) is 13.4 Å². The molecule has 2 unspecified atom stereocenters. The third-order valence-electron chi connectivity index (χ3n) is 6.29. The molecule has 1 aliphatic rings. The van der Waals surface area contributed by atoms with Crippen LogP contribution in [0, 0.1) is 6.92 Å². The first-order valence-electron chi connectivity index (χ1n) is 12.2. The van der Waals surface area contributed by atoms with Crippen molar-refractivity contribution in [2.45, 2.75) is 44.4 Å². The highest BCUT2D eigenvalue weighted by molar-refractivity contribution is 7.89. The van der Waals surface area contributed by atoms with Gasteiger partial charge in [-0.15, -0.1) is 0 Å². The smallest absolute Gasteiger partial charge is 0.260 e. The van der Waals surface area contributed by atoms with Crippen LogP contribution in [0.3, 0.4) is 0 Å². The van der Waals surface area contributed by atoms with Crippen molar-refractivity contribution in [3.8, 4) is 0 Å². The average molecular weight is 571 g/mol. The number of halogens is 1. The number of hydrogen-bond acceptors (Lipinski definition) is 7. The summed E-state index contributed by atoms with van der Waals surface area (Å²) < 4.78 is 34.5. The number of hydrogen-bond donors (Lipinski definition) is 0. The molecule has 8 nitrogen and oxygen atoms in total. The molecule has 0 saturated carbocycles. The Morgan fingerprint density at radius 2 is 1.84 bits per heavy atom. The van der Waals surface area contributed by atoms with Gasteiger partial charge in [0.1, 0.15) is 0 Å². The monoisotopic (exact) mass is 570 g/mol. The number of amides is 1. The van der Waals surface area contributed by atoms with Crippen molar-refractivity contribution in [2.24, 2.45) is 0 Å². The van der Waals surface area contributed by atoms with E-state index in [0.717, 1.165) is 15.8 Å². The minimum absolute atomic E-state index is 0.136. The van der Waals surface area contributed by atoms with Crippen molar-refractivity contribution >= 4 is 54.2 Å². The lowest BCUT2D eigenvalue weighted by Crippen LogP contribution is -2.48. The summed E-state index contributed by atoms with van der Waals surface area (Å²) in [4.78, 5) is 24.6. The molecular weight excluding hydrogens is 544 g/mol. The lowest BCUT2D eigenvalue weighted by molar-refractivity contribution is -0.0440. The lowest BCUT2D eigenvalue weighted by Gasteiger charge is -2.34. The molecule has 0 spiro atoms. The summed E-state index contributed by atoms with van der Waals surface area (Å²) in [6, 6.07) is 15.2. The summed E-state index contributed by atoms with van der Waals surface area (Å²) in [5, 5.41) is 1.11. The Balaban J connectivity index is 1.47. The lowest BCUT2D eigenvalue weighted by atomic mass is 10.2. The van der Waals surface area contributed by atoms with E-state index < -0.39 is 10.0 Å². The van der Waals surface area contributed by atoms with Gasteiger partial charge in [-0.05, 0) is 74.9 Å². The van der Waals surface area contributed by atoms with Gasteiger partial charge < -0.3 is 4.74 Å². The molecule has 3 heterocycles. The predicted molar refractivity (Wildman–Crippen MR) is 149 cm³/mol. The number of nitrogens with zero attached hydrogens (tertiary/aromatic N) is 4. The third-order valence-corrected chi connectivity index (χ3v) is 9.38. The Morgan fingerprint density at radius 1 is 1.13 bits per heavy atom. The zero-order chi connectivity index (χ0) is 27.0. The van der Waals surface area contributed by atoms with Gasteiger partial charge in [0, 0.05) is 29.9 Å². The number of ether oxygens (including phenoxy) is 1. The minimum atomic E-state index is -3.72. The van der Waals surface area contributed by atoms with Crippen molar-refractivity contribution in [1.82, 2.24) is 14.3 Å². The predicted octanol–water partition coefficient (Wildman–Crippen LogP) is 5.30. The molecule has 0 N–H and O–H groups in total. The summed E-state index contributed by atoms with van der Waals surface area (Å²) >= 11 is 7.62. The molecule has 198 valence electrons. The van der Waals surface area contributed by atoms with Gasteiger partial charge in [-0.2, -0.15) is 4.31 Å². The Morgan fingerprint density at radius 3 is 2.50 bits per heavy atom. The molecule has 5 rings (SSSR count). The number of anilines is 1. The molecule has 38 heavy (non-hydrogen) atoms. The fourth-order valence-electron chi connectivity index (χ4n) is 4.54. The van der Waals surface area contributed by atoms with Gasteiger partial charge in [0.2, 0.25) is 10.0 Å². The number of aromatic nitrogens is 2. The highest BCUT2D eigenvalue weighted by Crippen LogP contribution is 2.34. The minimum Gasteiger partial charge on any atom is -0.373 e. The maximum atomic E-state index is 13.8. The Kier molecular flexibility index (Phi) is 7.52. The van der Waals surface area contributed by atoms with Crippen LogP contribution in [0.1, 0.15) is 35.5 Å². The third kappa shape index (κ3) is 5.45. The second-order valence-corrected chi connectivity index (χ2v) is 12.8. The van der Waals surface area contributed by atoms with Crippen LogP contribution >= 0.6 is 22.9 Å². The van der Waals surface area contributed by atoms with Crippen molar-refractivity contribution in [3.63, 3.8) is 0 Å². The van der Waals surface area contributed by atoms with Crippen LogP contribution in [0.15, 0.2) is 65.7 Å². The van der Waals surface area contributed by atoms with Crippen LogP contribution in [-0.4, -0.2) is 53.9 Å². The summed E-state index contributed by atoms with van der Waals surface area (Å²) in [5.74, 6) is -0.309. The van der Waals surface area contributed by atoms with E-state index in [9.17, 15) is 13.2 Å². The molecule has 0 aliphatic carbocycles. The van der Waals surface area contributed by atoms with Crippen molar-refractivity contribution < 1.29 is 17.9 Å². The number of rotatable bonds is 6. The molecule has 11 heteroatoms. The summed E-state index contributed by atoms with van der Waals surface area (Å²) in [6.45, 7) is 6.41. The number of thiazole rings is 1. The topological polar surface area (TPSA) is 92.7 Å². The van der Waals surface area contributed by atoms with Gasteiger partial charge in [0.05, 0.1) is 39.6 Å². The van der Waals surface area contributed by atoms with Crippen LogP contribution in [0.4, 0.5) is 5.13 Å². The first-order chi connectivity index (χ1) is 18.1. The molecule has 1 fully saturated rings. The molecule has 2 aromatic carbocycles. The number of benzene rings is 2. The normalized spacial score (nSPS) is 18.5. The largest absolute Gasteiger partial charge is 0.373 e. The Labute approximate surface area is 230 Å². The van der Waals surface area contributed by atoms with Gasteiger partial charge >= 0.3 is 0 Å². The highest BCUT2D eigenvalue weighted by atomic mass is 35.5. The second kappa shape index (κ2) is 10.7. The molecule has 1 amide bonds. The highest BCUT2D eigenvalue weighted by Gasteiger charge is 2.32. The van der Waals surface area contributed by atoms with Crippen molar-refractivity contribution in [2.75, 3.05) is 18.0 Å². The van der Waals surface area contributed by atoms with E-state index in [-0.39, 0.29) is 42.6 Å². The SMILES string of the molecule is Cc1cc(Cl)cc2sc(N(Cc3ccccn3)C(=O)c3ccc(S(=O)(=O)N4CC(C)OC(C)C4)cc3)nc12. The van der Waals surface area contributed by atoms with E-state index in [1.807, 2.05) is 51.1 Å². The quantitative estimate of drug-likeness (QED) is 0.312. The number of pyridine rings is 1. The second-order valence-electron chi connectivity index (χ2n) is 9.38. The number of sulfonamides is 1. The molecule has 2 atom stereocenters. The number of carbonyl (C=O) groups is 1. The molecular formula is C27H27ClN4O4S2. The number of carbonyl (C=O) groups excluding carboxylic acids is 1. The van der Waals surface area contributed by atoms with Gasteiger partial charge in [-0.1, -0.05) is 29.0 Å². The zero-order valence-corrected chi connectivity index (χ0v) is 23.6. The van der Waals surface area contributed by atoms with Crippen LogP contribution in [0.5, 0.6) is 0 Å². The van der Waals surface area contributed by atoms with E-state index in [1.165, 1.54) is 27.8 Å². The maximum absolute atomic E-state index is 13.8. The van der Waals surface area contributed by atoms with Crippen LogP contribution < -0.4 is 4.90 Å². The van der Waals surface area contributed by atoms with Crippen LogP contribution in [0.2, 0.25) is 5.02 Å². The first-order valence-corrected chi connectivity index (χ1v) is 14.8. The fourth-order valence-corrected chi connectivity index (χ4v) is 7.55. The van der Waals surface area contributed by atoms with E-state index in [0.29, 0.717) is 21.4 Å². The van der Waals surface area contributed by atoms with Crippen LogP contribution in [0.25, 0.3) is 10.2 Å². The van der Waals surface area contributed by atoms with Crippen LogP contribution in [-0.2, 0) is 21.3 Å². The molecule has 0 bridgehead atoms. The van der Waals surface area contributed by atoms with E-state index in [2.05, 4.69) is 4.98 Å². The molecule has 1 aliphatic heterocycles. The number of morpholine rings is 1. The Bertz CT molecular complexity index is 1570. The fraction of sp³-hybridized carbons (Fsp3) is 0.296. The van der Waals surface area contributed by atoms with Gasteiger partial charge in [0.15, 0.2) is 5.13 Å². The molecule has 1 saturated heterocycles. The summed E-state index contributed by atoms with van der Waals surface area (Å²) in [7, 11) is -3.72. The average Bonchev–Trinajstić information content (AvgIpc) is 3.31. The number of aryl methyl sites for hydroxylation is 1.